The molecule has 3 aromatic heterocycles. The Bertz CT molecular complexity index is 3500. The number of hydrogen-bond donors (Lipinski definition) is 0. The Balaban J connectivity index is 1.25. The Kier molecular flexibility index (Phi) is 6.29. The lowest BCUT2D eigenvalue weighted by atomic mass is 10.0. The first-order chi connectivity index (χ1) is 29.9. The Morgan fingerprint density at radius 3 is 1.52 bits per heavy atom. The third-order valence-corrected chi connectivity index (χ3v) is 10.5. The molecule has 0 N–H and O–H groups in total. The Morgan fingerprint density at radius 1 is 0.357 bits per heavy atom. The molecule has 0 saturated carbocycles. The van der Waals surface area contributed by atoms with Gasteiger partial charge in [-0.05, 0) is 46.5 Å². The Morgan fingerprint density at radius 2 is 0.857 bits per heavy atom. The third kappa shape index (κ3) is 5.21. The van der Waals surface area contributed by atoms with Crippen molar-refractivity contribution in [1.82, 2.24) is 24.1 Å². The third-order valence-electron chi connectivity index (χ3n) is 10.5. The molecule has 0 aliphatic carbocycles. The van der Waals surface area contributed by atoms with Crippen LogP contribution in [0, 0.1) is 0 Å². The van der Waals surface area contributed by atoms with Crippen LogP contribution in [0.1, 0.15) is 6.85 Å². The molecule has 0 saturated heterocycles. The van der Waals surface area contributed by atoms with E-state index in [1.54, 1.807) is 0 Å². The zero-order valence-corrected chi connectivity index (χ0v) is 29.9. The monoisotopic (exact) mass is 720 g/mol. The molecule has 0 atom stereocenters. The van der Waals surface area contributed by atoms with Gasteiger partial charge in [-0.2, -0.15) is 9.97 Å². The maximum atomic E-state index is 8.97. The fraction of sp³-hybridized carbons (Fsp3) is 0. The molecule has 0 radical (unpaired) electrons. The van der Waals surface area contributed by atoms with Gasteiger partial charge in [-0.25, -0.2) is 4.98 Å². The maximum absolute atomic E-state index is 8.97. The van der Waals surface area contributed by atoms with Gasteiger partial charge < -0.3 is 4.57 Å². The molecule has 5 heteroatoms. The molecule has 0 unspecified atom stereocenters. The van der Waals surface area contributed by atoms with E-state index in [2.05, 4.69) is 83.4 Å². The second kappa shape index (κ2) is 13.0. The van der Waals surface area contributed by atoms with E-state index in [1.807, 2.05) is 95.6 Å². The van der Waals surface area contributed by atoms with Crippen molar-refractivity contribution in [3.8, 4) is 56.7 Å². The minimum absolute atomic E-state index is 0.0293. The molecule has 0 aliphatic rings. The van der Waals surface area contributed by atoms with Crippen LogP contribution in [0.5, 0.6) is 0 Å². The molecule has 3 heterocycles. The van der Waals surface area contributed by atoms with Crippen molar-refractivity contribution < 1.29 is 6.85 Å². The summed E-state index contributed by atoms with van der Waals surface area (Å²) in [5, 5.41) is 4.07. The van der Waals surface area contributed by atoms with Crippen LogP contribution in [-0.4, -0.2) is 24.1 Å². The molecule has 0 bridgehead atoms. The van der Waals surface area contributed by atoms with E-state index in [1.165, 1.54) is 0 Å². The van der Waals surface area contributed by atoms with Gasteiger partial charge in [0, 0.05) is 38.4 Å². The number of nitrogens with zero attached hydrogens (tertiary/aromatic N) is 5. The molecule has 262 valence electrons. The lowest BCUT2D eigenvalue weighted by Crippen LogP contribution is -2.07. The summed E-state index contributed by atoms with van der Waals surface area (Å²) in [6, 6.07) is 55.5. The van der Waals surface area contributed by atoms with Crippen molar-refractivity contribution >= 4 is 43.6 Å². The molecule has 11 aromatic rings. The second-order valence-corrected chi connectivity index (χ2v) is 13.7. The van der Waals surface area contributed by atoms with Gasteiger partial charge in [-0.3, -0.25) is 4.57 Å². The Hall–Kier alpha value is -7.63. The van der Waals surface area contributed by atoms with Gasteiger partial charge in [-0.15, -0.1) is 0 Å². The summed E-state index contributed by atoms with van der Waals surface area (Å²) >= 11 is 0. The van der Waals surface area contributed by atoms with Crippen molar-refractivity contribution in [3.63, 3.8) is 0 Å². The fourth-order valence-electron chi connectivity index (χ4n) is 7.94. The molecule has 0 aliphatic heterocycles. The molecule has 0 amide bonds. The molecule has 11 rings (SSSR count). The van der Waals surface area contributed by atoms with E-state index in [-0.39, 0.29) is 17.3 Å². The van der Waals surface area contributed by atoms with Crippen molar-refractivity contribution in [3.05, 3.63) is 200 Å². The Labute approximate surface area is 330 Å². The van der Waals surface area contributed by atoms with Crippen LogP contribution < -0.4 is 0 Å². The minimum atomic E-state index is -0.487. The highest BCUT2D eigenvalue weighted by Crippen LogP contribution is 2.42. The normalized spacial score (nSPS) is 12.8. The van der Waals surface area contributed by atoms with E-state index in [9.17, 15) is 0 Å². The zero-order valence-electron chi connectivity index (χ0n) is 34.9. The summed E-state index contributed by atoms with van der Waals surface area (Å²) in [6.45, 7) is 0. The predicted octanol–water partition coefficient (Wildman–Crippen LogP) is 12.7. The van der Waals surface area contributed by atoms with E-state index in [0.717, 1.165) is 71.6 Å². The SMILES string of the molecule is [2H]c1c([2H])c([2H])c(-c2nc(-c3ccc(-c4ccccc4)cc3)nc(-n3c4ccccc4c4ccc5c6ccccc6n(-c6cccc(-c7ccccc7)c6)c5c43)n2)c([2H])c1[2H]. The van der Waals surface area contributed by atoms with E-state index < -0.39 is 30.2 Å². The van der Waals surface area contributed by atoms with Crippen LogP contribution in [0.4, 0.5) is 0 Å². The predicted molar refractivity (Wildman–Crippen MR) is 230 cm³/mol. The van der Waals surface area contributed by atoms with E-state index in [0.29, 0.717) is 11.4 Å². The number of benzene rings is 8. The van der Waals surface area contributed by atoms with Crippen molar-refractivity contribution in [2.45, 2.75) is 0 Å². The summed E-state index contributed by atoms with van der Waals surface area (Å²) < 4.78 is 47.7. The van der Waals surface area contributed by atoms with Crippen molar-refractivity contribution in [2.24, 2.45) is 0 Å². The van der Waals surface area contributed by atoms with Gasteiger partial charge in [0.15, 0.2) is 11.6 Å². The van der Waals surface area contributed by atoms with Crippen LogP contribution in [0.25, 0.3) is 100 Å². The number of aromatic nitrogens is 5. The zero-order chi connectivity index (χ0) is 41.4. The quantitative estimate of drug-likeness (QED) is 0.172. The van der Waals surface area contributed by atoms with Crippen LogP contribution >= 0.6 is 0 Å². The standard InChI is InChI=1S/C51H33N5/c1-4-15-34(16-5-1)36-27-29-38(30-28-36)50-52-49(37-19-8-3-9-20-37)53-51(54-50)56-46-26-13-11-24-42(46)44-32-31-43-41-23-10-12-25-45(41)55(47(43)48(44)56)40-22-14-21-39(33-40)35-17-6-2-7-18-35/h1-33H/i3D,8D,9D,19D,20D. The largest absolute Gasteiger partial charge is 0.307 e. The molecular weight excluding hydrogens is 683 g/mol. The lowest BCUT2D eigenvalue weighted by Gasteiger charge is -2.14. The van der Waals surface area contributed by atoms with Gasteiger partial charge in [0.25, 0.3) is 0 Å². The van der Waals surface area contributed by atoms with Crippen LogP contribution in [0.3, 0.4) is 0 Å². The van der Waals surface area contributed by atoms with Crippen molar-refractivity contribution in [1.29, 1.82) is 0 Å². The summed E-state index contributed by atoms with van der Waals surface area (Å²) in [6.07, 6.45) is 0. The van der Waals surface area contributed by atoms with Gasteiger partial charge in [0.1, 0.15) is 0 Å². The van der Waals surface area contributed by atoms with Crippen LogP contribution in [0.2, 0.25) is 0 Å². The highest BCUT2D eigenvalue weighted by molar-refractivity contribution is 6.23. The van der Waals surface area contributed by atoms with Gasteiger partial charge >= 0.3 is 0 Å². The fourth-order valence-corrected chi connectivity index (χ4v) is 7.94. The summed E-state index contributed by atoms with van der Waals surface area (Å²) in [4.78, 5) is 15.1. The summed E-state index contributed by atoms with van der Waals surface area (Å²) in [7, 11) is 0. The molecule has 5 nitrogen and oxygen atoms in total. The van der Waals surface area contributed by atoms with Gasteiger partial charge in [0.2, 0.25) is 5.95 Å². The molecule has 0 fully saturated rings. The topological polar surface area (TPSA) is 48.5 Å². The number of para-hydroxylation sites is 2. The maximum Gasteiger partial charge on any atom is 0.238 e. The first kappa shape index (κ1) is 27.0. The van der Waals surface area contributed by atoms with Crippen LogP contribution in [-0.2, 0) is 0 Å². The number of rotatable bonds is 6. The number of hydrogen-bond acceptors (Lipinski definition) is 3. The molecular formula is C51H33N5. The highest BCUT2D eigenvalue weighted by atomic mass is 15.2. The smallest absolute Gasteiger partial charge is 0.238 e. The lowest BCUT2D eigenvalue weighted by molar-refractivity contribution is 0.953. The summed E-state index contributed by atoms with van der Waals surface area (Å²) in [5.74, 6) is 0.506. The van der Waals surface area contributed by atoms with Crippen LogP contribution in [0.15, 0.2) is 200 Å². The minimum Gasteiger partial charge on any atom is -0.307 e. The first-order valence-electron chi connectivity index (χ1n) is 21.0. The molecule has 8 aromatic carbocycles. The van der Waals surface area contributed by atoms with Gasteiger partial charge in [0.05, 0.1) is 28.9 Å². The first-order valence-corrected chi connectivity index (χ1v) is 18.5. The number of fused-ring (bicyclic) bond motifs is 7. The average molecular weight is 721 g/mol. The molecule has 56 heavy (non-hydrogen) atoms. The average Bonchev–Trinajstić information content (AvgIpc) is 3.84. The van der Waals surface area contributed by atoms with Gasteiger partial charge in [-0.1, -0.05) is 176 Å². The highest BCUT2D eigenvalue weighted by Gasteiger charge is 2.23. The second-order valence-electron chi connectivity index (χ2n) is 13.7. The summed E-state index contributed by atoms with van der Waals surface area (Å²) in [5.41, 5.74) is 9.48. The van der Waals surface area contributed by atoms with E-state index >= 15 is 0 Å². The van der Waals surface area contributed by atoms with E-state index in [4.69, 9.17) is 21.8 Å². The van der Waals surface area contributed by atoms with Crippen molar-refractivity contribution in [2.75, 3.05) is 0 Å². The molecule has 0 spiro atoms.